The fourth-order valence-electron chi connectivity index (χ4n) is 4.34. The molecule has 0 spiro atoms. The highest BCUT2D eigenvalue weighted by Gasteiger charge is 2.33. The van der Waals surface area contributed by atoms with Crippen molar-refractivity contribution in [1.29, 1.82) is 0 Å². The van der Waals surface area contributed by atoms with Crippen molar-refractivity contribution in [3.8, 4) is 11.4 Å². The number of anilines is 2. The highest BCUT2D eigenvalue weighted by atomic mass is 19.1. The van der Waals surface area contributed by atoms with Crippen molar-refractivity contribution in [1.82, 2.24) is 20.2 Å². The van der Waals surface area contributed by atoms with Gasteiger partial charge in [0.1, 0.15) is 11.6 Å². The summed E-state index contributed by atoms with van der Waals surface area (Å²) in [4.78, 5) is 37.5. The molecule has 2 aromatic rings. The van der Waals surface area contributed by atoms with Crippen LogP contribution >= 0.6 is 0 Å². The molecule has 0 bridgehead atoms. The highest BCUT2D eigenvalue weighted by molar-refractivity contribution is 5.90. The molecule has 5 rings (SSSR count). The molecule has 35 heavy (non-hydrogen) atoms. The van der Waals surface area contributed by atoms with Crippen LogP contribution in [0, 0.1) is 5.82 Å². The van der Waals surface area contributed by atoms with Gasteiger partial charge >= 0.3 is 12.1 Å². The summed E-state index contributed by atoms with van der Waals surface area (Å²) >= 11 is 0. The summed E-state index contributed by atoms with van der Waals surface area (Å²) < 4.78 is 26.0. The Bertz CT molecular complexity index is 1140. The number of carbonyl (C=O) groups excluding carboxylic acids is 2. The van der Waals surface area contributed by atoms with Crippen LogP contribution in [0.4, 0.5) is 25.5 Å². The van der Waals surface area contributed by atoms with Crippen molar-refractivity contribution in [2.75, 3.05) is 36.6 Å². The average molecular weight is 485 g/mol. The molecule has 1 saturated carbocycles. The van der Waals surface area contributed by atoms with E-state index in [0.29, 0.717) is 43.5 Å². The van der Waals surface area contributed by atoms with E-state index in [-0.39, 0.29) is 42.7 Å². The van der Waals surface area contributed by atoms with Crippen LogP contribution in [0.25, 0.3) is 11.4 Å². The smallest absolute Gasteiger partial charge is 0.410 e. The van der Waals surface area contributed by atoms with E-state index in [4.69, 9.17) is 14.5 Å². The summed E-state index contributed by atoms with van der Waals surface area (Å²) in [5.41, 5.74) is 2.08. The van der Waals surface area contributed by atoms with Crippen molar-refractivity contribution in [2.45, 2.75) is 51.9 Å². The Morgan fingerprint density at radius 1 is 1.26 bits per heavy atom. The van der Waals surface area contributed by atoms with E-state index in [2.05, 4.69) is 20.5 Å². The van der Waals surface area contributed by atoms with Gasteiger partial charge in [0.15, 0.2) is 5.82 Å². The molecule has 3 aliphatic rings. The number of hydrogen-bond donors (Lipinski definition) is 2. The molecule has 3 heterocycles. The van der Waals surface area contributed by atoms with Crippen LogP contribution in [-0.4, -0.2) is 65.4 Å². The van der Waals surface area contributed by atoms with Gasteiger partial charge in [-0.05, 0) is 44.9 Å². The number of urea groups is 1. The Morgan fingerprint density at radius 3 is 2.80 bits per heavy atom. The van der Waals surface area contributed by atoms with Crippen LogP contribution in [0.5, 0.6) is 0 Å². The number of aromatic nitrogens is 2. The van der Waals surface area contributed by atoms with Gasteiger partial charge in [0.25, 0.3) is 0 Å². The van der Waals surface area contributed by atoms with Gasteiger partial charge in [0, 0.05) is 23.8 Å². The van der Waals surface area contributed by atoms with E-state index in [1.807, 2.05) is 6.92 Å². The molecular weight excluding hydrogens is 455 g/mol. The summed E-state index contributed by atoms with van der Waals surface area (Å²) in [5, 5.41) is 5.47. The normalized spacial score (nSPS) is 19.3. The molecule has 2 N–H and O–H groups in total. The number of ether oxygens (including phenoxy) is 2. The number of nitrogens with zero attached hydrogens (tertiary/aromatic N) is 4. The predicted molar refractivity (Wildman–Crippen MR) is 126 cm³/mol. The van der Waals surface area contributed by atoms with Crippen LogP contribution in [0.2, 0.25) is 0 Å². The number of nitrogens with one attached hydrogen (secondary N) is 2. The van der Waals surface area contributed by atoms with Crippen LogP contribution in [-0.2, 0) is 22.6 Å². The van der Waals surface area contributed by atoms with Gasteiger partial charge in [-0.2, -0.15) is 0 Å². The molecule has 2 aliphatic heterocycles. The molecular formula is C24H29FN6O4. The lowest BCUT2D eigenvalue weighted by Gasteiger charge is -2.35. The zero-order valence-corrected chi connectivity index (χ0v) is 19.8. The first kappa shape index (κ1) is 23.3. The number of morpholine rings is 1. The Kier molecular flexibility index (Phi) is 6.42. The first-order valence-corrected chi connectivity index (χ1v) is 12.0. The average Bonchev–Trinajstić information content (AvgIpc) is 3.53. The van der Waals surface area contributed by atoms with E-state index in [1.54, 1.807) is 24.0 Å². The molecule has 1 aromatic heterocycles. The summed E-state index contributed by atoms with van der Waals surface area (Å²) in [5.74, 6) is 0.364. The number of hydrogen-bond acceptors (Lipinski definition) is 7. The fourth-order valence-corrected chi connectivity index (χ4v) is 4.34. The quantitative estimate of drug-likeness (QED) is 0.671. The minimum Gasteiger partial charge on any atom is -0.450 e. The molecule has 3 amide bonds. The first-order valence-electron chi connectivity index (χ1n) is 12.0. The molecule has 10 nitrogen and oxygen atoms in total. The zero-order chi connectivity index (χ0) is 24.5. The molecule has 1 atom stereocenters. The van der Waals surface area contributed by atoms with E-state index in [9.17, 15) is 9.59 Å². The van der Waals surface area contributed by atoms with E-state index in [1.165, 1.54) is 6.07 Å². The third-order valence-corrected chi connectivity index (χ3v) is 6.31. The number of amides is 3. The lowest BCUT2D eigenvalue weighted by atomic mass is 10.1. The molecule has 1 aliphatic carbocycles. The van der Waals surface area contributed by atoms with E-state index >= 15 is 4.39 Å². The van der Waals surface area contributed by atoms with Crippen molar-refractivity contribution in [3.05, 3.63) is 35.3 Å². The Balaban J connectivity index is 1.46. The van der Waals surface area contributed by atoms with Gasteiger partial charge in [-0.1, -0.05) is 0 Å². The third kappa shape index (κ3) is 5.00. The summed E-state index contributed by atoms with van der Waals surface area (Å²) in [6.07, 6.45) is 1.52. The molecule has 2 fully saturated rings. The molecule has 11 heteroatoms. The molecule has 1 aromatic carbocycles. The second-order valence-electron chi connectivity index (χ2n) is 9.04. The van der Waals surface area contributed by atoms with Gasteiger partial charge in [-0.25, -0.2) is 23.9 Å². The summed E-state index contributed by atoms with van der Waals surface area (Å²) in [6.45, 7) is 6.40. The van der Waals surface area contributed by atoms with Crippen molar-refractivity contribution >= 4 is 23.6 Å². The number of fused-ring (bicyclic) bond motifs is 1. The second kappa shape index (κ2) is 9.65. The maximum absolute atomic E-state index is 15.2. The van der Waals surface area contributed by atoms with Gasteiger partial charge in [0.05, 0.1) is 50.2 Å². The topological polar surface area (TPSA) is 109 Å². The van der Waals surface area contributed by atoms with Crippen molar-refractivity contribution in [3.63, 3.8) is 0 Å². The largest absolute Gasteiger partial charge is 0.450 e. The monoisotopic (exact) mass is 484 g/mol. The van der Waals surface area contributed by atoms with E-state index < -0.39 is 11.9 Å². The first-order chi connectivity index (χ1) is 16.9. The maximum Gasteiger partial charge on any atom is 0.410 e. The molecule has 0 unspecified atom stereocenters. The van der Waals surface area contributed by atoms with Gasteiger partial charge < -0.3 is 25.0 Å². The fraction of sp³-hybridized carbons (Fsp3) is 0.500. The Morgan fingerprint density at radius 2 is 2.09 bits per heavy atom. The van der Waals surface area contributed by atoms with Crippen LogP contribution in [0.1, 0.15) is 37.9 Å². The number of rotatable bonds is 5. The lowest BCUT2D eigenvalue weighted by molar-refractivity contribution is 0.0980. The molecule has 186 valence electrons. The Hall–Kier alpha value is -3.47. The lowest BCUT2D eigenvalue weighted by Crippen LogP contribution is -2.44. The minimum absolute atomic E-state index is 0.0636. The van der Waals surface area contributed by atoms with Gasteiger partial charge in [-0.15, -0.1) is 0 Å². The molecule has 1 saturated heterocycles. The molecule has 0 radical (unpaired) electrons. The van der Waals surface area contributed by atoms with Crippen LogP contribution in [0.3, 0.4) is 0 Å². The van der Waals surface area contributed by atoms with E-state index in [0.717, 1.165) is 18.4 Å². The highest BCUT2D eigenvalue weighted by Crippen LogP contribution is 2.34. The Labute approximate surface area is 202 Å². The summed E-state index contributed by atoms with van der Waals surface area (Å²) in [6, 6.07) is 4.37. The van der Waals surface area contributed by atoms with Crippen molar-refractivity contribution in [2.24, 2.45) is 0 Å². The van der Waals surface area contributed by atoms with Crippen LogP contribution in [0.15, 0.2) is 18.2 Å². The standard InChI is InChI=1S/C24H29FN6O4/c1-3-35-24(33)30-11-18-20(12-30)28-21(29-22(18)31-8-9-34-13-14(31)2)17-7-6-16(10-19(17)25)27-23(32)26-15-4-5-15/h6-7,10,14-15H,3-5,8-9,11-13H2,1-2H3,(H2,26,27,32)/t14-/m0/s1. The maximum atomic E-state index is 15.2. The van der Waals surface area contributed by atoms with Gasteiger partial charge in [0.2, 0.25) is 0 Å². The van der Waals surface area contributed by atoms with Crippen molar-refractivity contribution < 1.29 is 23.5 Å². The minimum atomic E-state index is -0.546. The predicted octanol–water partition coefficient (Wildman–Crippen LogP) is 3.26. The number of halogens is 1. The SMILES string of the molecule is CCOC(=O)N1Cc2nc(-c3ccc(NC(=O)NC4CC4)cc3F)nc(N3CCOC[C@@H]3C)c2C1. The number of carbonyl (C=O) groups is 2. The van der Waals surface area contributed by atoms with Gasteiger partial charge in [-0.3, -0.25) is 4.90 Å². The summed E-state index contributed by atoms with van der Waals surface area (Å²) in [7, 11) is 0. The number of benzene rings is 1. The zero-order valence-electron chi connectivity index (χ0n) is 19.8. The second-order valence-corrected chi connectivity index (χ2v) is 9.04. The van der Waals surface area contributed by atoms with Crippen LogP contribution < -0.4 is 15.5 Å². The third-order valence-electron chi connectivity index (χ3n) is 6.31.